The van der Waals surface area contributed by atoms with E-state index in [1.807, 2.05) is 41.9 Å². The van der Waals surface area contributed by atoms with Gasteiger partial charge in [-0.3, -0.25) is 4.79 Å². The summed E-state index contributed by atoms with van der Waals surface area (Å²) in [4.78, 5) is 17.8. The van der Waals surface area contributed by atoms with Crippen LogP contribution in [0, 0.1) is 6.92 Å². The maximum absolute atomic E-state index is 12.9. The molecule has 1 fully saturated rings. The number of rotatable bonds is 8. The molecule has 1 N–H and O–H groups in total. The zero-order chi connectivity index (χ0) is 23.8. The molecule has 1 atom stereocenters. The second kappa shape index (κ2) is 9.28. The van der Waals surface area contributed by atoms with E-state index in [0.29, 0.717) is 16.8 Å². The number of hydrogen-bond acceptors (Lipinski definition) is 6. The zero-order valence-electron chi connectivity index (χ0n) is 19.0. The first-order valence-electron chi connectivity index (χ1n) is 10.7. The minimum atomic E-state index is -3.60. The summed E-state index contributed by atoms with van der Waals surface area (Å²) in [6, 6.07) is 14.6. The van der Waals surface area contributed by atoms with Crippen molar-refractivity contribution in [1.82, 2.24) is 19.1 Å². The molecule has 2 aromatic carbocycles. The third-order valence-corrected chi connectivity index (χ3v) is 8.22. The van der Waals surface area contributed by atoms with E-state index in [9.17, 15) is 13.2 Å². The Morgan fingerprint density at radius 1 is 1.18 bits per heavy atom. The number of carbonyl (C=O) groups excluding carboxylic acids is 1. The Morgan fingerprint density at radius 2 is 1.88 bits per heavy atom. The highest BCUT2D eigenvalue weighted by Crippen LogP contribution is 2.40. The van der Waals surface area contributed by atoms with Gasteiger partial charge in [-0.25, -0.2) is 22.4 Å². The maximum atomic E-state index is 12.9. The standard InChI is InChI=1S/C23H27N5O3S2/c1-15-10-13-19(33(30,31)27(3)4)14-20(15)24-22(29)16(2)32-23-25-21(17-11-12-17)28(26-23)18-8-6-5-7-9-18/h5-10,13-14,16-17H,11-12H2,1-4H3,(H,24,29). The first-order valence-corrected chi connectivity index (χ1v) is 13.0. The van der Waals surface area contributed by atoms with Crippen LogP contribution in [0.4, 0.5) is 5.69 Å². The average Bonchev–Trinajstić information content (AvgIpc) is 3.55. The van der Waals surface area contributed by atoms with Crippen LogP contribution in [0.25, 0.3) is 5.69 Å². The monoisotopic (exact) mass is 485 g/mol. The van der Waals surface area contributed by atoms with Crippen LogP contribution >= 0.6 is 11.8 Å². The molecule has 1 unspecified atom stereocenters. The Balaban J connectivity index is 1.51. The van der Waals surface area contributed by atoms with Crippen molar-refractivity contribution in [2.24, 2.45) is 0 Å². The normalized spacial score (nSPS) is 14.9. The van der Waals surface area contributed by atoms with Gasteiger partial charge >= 0.3 is 0 Å². The van der Waals surface area contributed by atoms with E-state index >= 15 is 0 Å². The summed E-state index contributed by atoms with van der Waals surface area (Å²) in [5.74, 6) is 1.08. The van der Waals surface area contributed by atoms with Crippen LogP contribution in [0.1, 0.15) is 37.1 Å². The molecule has 4 rings (SSSR count). The van der Waals surface area contributed by atoms with Gasteiger partial charge in [0.1, 0.15) is 5.82 Å². The highest BCUT2D eigenvalue weighted by Gasteiger charge is 2.31. The van der Waals surface area contributed by atoms with E-state index in [0.717, 1.165) is 34.2 Å². The topological polar surface area (TPSA) is 97.2 Å². The summed E-state index contributed by atoms with van der Waals surface area (Å²) in [7, 11) is -0.646. The number of anilines is 1. The molecule has 1 amide bonds. The van der Waals surface area contributed by atoms with Crippen LogP contribution in [0.15, 0.2) is 58.6 Å². The molecule has 0 bridgehead atoms. The molecule has 1 heterocycles. The summed E-state index contributed by atoms with van der Waals surface area (Å²) in [6.45, 7) is 3.61. The lowest BCUT2D eigenvalue weighted by Gasteiger charge is -2.15. The summed E-state index contributed by atoms with van der Waals surface area (Å²) in [5.41, 5.74) is 2.20. The highest BCUT2D eigenvalue weighted by atomic mass is 32.2. The van der Waals surface area contributed by atoms with Gasteiger partial charge in [-0.05, 0) is 56.5 Å². The predicted octanol–water partition coefficient (Wildman–Crippen LogP) is 3.82. The van der Waals surface area contributed by atoms with Gasteiger partial charge in [-0.1, -0.05) is 36.0 Å². The van der Waals surface area contributed by atoms with Crippen molar-refractivity contribution < 1.29 is 13.2 Å². The van der Waals surface area contributed by atoms with Gasteiger partial charge in [0, 0.05) is 25.7 Å². The second-order valence-corrected chi connectivity index (χ2v) is 11.7. The Labute approximate surface area is 198 Å². The number of thioether (sulfide) groups is 1. The van der Waals surface area contributed by atoms with Gasteiger partial charge in [-0.2, -0.15) is 0 Å². The number of hydrogen-bond donors (Lipinski definition) is 1. The molecule has 1 aliphatic carbocycles. The lowest BCUT2D eigenvalue weighted by Crippen LogP contribution is -2.24. The lowest BCUT2D eigenvalue weighted by atomic mass is 10.2. The number of nitrogens with one attached hydrogen (secondary N) is 1. The molecule has 33 heavy (non-hydrogen) atoms. The van der Waals surface area contributed by atoms with Crippen molar-refractivity contribution in [2.75, 3.05) is 19.4 Å². The number of para-hydroxylation sites is 1. The van der Waals surface area contributed by atoms with E-state index < -0.39 is 15.3 Å². The molecule has 3 aromatic rings. The number of nitrogens with zero attached hydrogens (tertiary/aromatic N) is 4. The smallest absolute Gasteiger partial charge is 0.242 e. The van der Waals surface area contributed by atoms with Crippen LogP contribution in [-0.4, -0.2) is 52.7 Å². The minimum absolute atomic E-state index is 0.131. The predicted molar refractivity (Wildman–Crippen MR) is 129 cm³/mol. The van der Waals surface area contributed by atoms with Crippen LogP contribution < -0.4 is 5.32 Å². The van der Waals surface area contributed by atoms with E-state index in [-0.39, 0.29) is 10.8 Å². The van der Waals surface area contributed by atoms with Gasteiger partial charge < -0.3 is 5.32 Å². The molecule has 1 aromatic heterocycles. The van der Waals surface area contributed by atoms with E-state index in [2.05, 4.69) is 10.4 Å². The number of benzene rings is 2. The van der Waals surface area contributed by atoms with Gasteiger partial charge in [0.05, 0.1) is 15.8 Å². The van der Waals surface area contributed by atoms with Crippen molar-refractivity contribution in [1.29, 1.82) is 0 Å². The van der Waals surface area contributed by atoms with Crippen molar-refractivity contribution in [3.63, 3.8) is 0 Å². The van der Waals surface area contributed by atoms with Crippen LogP contribution in [0.5, 0.6) is 0 Å². The van der Waals surface area contributed by atoms with Gasteiger partial charge in [-0.15, -0.1) is 5.10 Å². The maximum Gasteiger partial charge on any atom is 0.242 e. The fraction of sp³-hybridized carbons (Fsp3) is 0.348. The Hall–Kier alpha value is -2.69. The van der Waals surface area contributed by atoms with Gasteiger partial charge in [0.15, 0.2) is 0 Å². The lowest BCUT2D eigenvalue weighted by molar-refractivity contribution is -0.115. The number of aryl methyl sites for hydroxylation is 1. The molecule has 8 nitrogen and oxygen atoms in total. The molecular formula is C23H27N5O3S2. The number of amides is 1. The SMILES string of the molecule is Cc1ccc(S(=O)(=O)N(C)C)cc1NC(=O)C(C)Sc1nc(C2CC2)n(-c2ccccc2)n1. The van der Waals surface area contributed by atoms with Gasteiger partial charge in [0.2, 0.25) is 21.1 Å². The Morgan fingerprint density at radius 3 is 2.52 bits per heavy atom. The van der Waals surface area contributed by atoms with Crippen LogP contribution in [-0.2, 0) is 14.8 Å². The largest absolute Gasteiger partial charge is 0.325 e. The minimum Gasteiger partial charge on any atom is -0.325 e. The van der Waals surface area contributed by atoms with E-state index in [1.54, 1.807) is 13.0 Å². The molecule has 0 saturated heterocycles. The molecule has 174 valence electrons. The van der Waals surface area contributed by atoms with Crippen molar-refractivity contribution >= 4 is 33.4 Å². The van der Waals surface area contributed by atoms with Crippen LogP contribution in [0.2, 0.25) is 0 Å². The van der Waals surface area contributed by atoms with E-state index in [1.165, 1.54) is 38.0 Å². The highest BCUT2D eigenvalue weighted by molar-refractivity contribution is 8.00. The Kier molecular flexibility index (Phi) is 6.60. The van der Waals surface area contributed by atoms with Crippen molar-refractivity contribution in [2.45, 2.75) is 47.9 Å². The van der Waals surface area contributed by atoms with Gasteiger partial charge in [0.25, 0.3) is 0 Å². The second-order valence-electron chi connectivity index (χ2n) is 8.29. The summed E-state index contributed by atoms with van der Waals surface area (Å²) in [5, 5.41) is 7.59. The number of aromatic nitrogens is 3. The fourth-order valence-corrected chi connectivity index (χ4v) is 4.96. The first kappa shape index (κ1) is 23.5. The fourth-order valence-electron chi connectivity index (χ4n) is 3.27. The van der Waals surface area contributed by atoms with E-state index in [4.69, 9.17) is 4.98 Å². The Bertz CT molecular complexity index is 1270. The number of sulfonamides is 1. The molecular weight excluding hydrogens is 458 g/mol. The number of carbonyl (C=O) groups is 1. The molecule has 0 spiro atoms. The summed E-state index contributed by atoms with van der Waals surface area (Å²) in [6.07, 6.45) is 2.19. The molecule has 10 heteroatoms. The van der Waals surface area contributed by atoms with Crippen molar-refractivity contribution in [3.8, 4) is 5.69 Å². The molecule has 1 saturated carbocycles. The third-order valence-electron chi connectivity index (χ3n) is 5.45. The zero-order valence-corrected chi connectivity index (χ0v) is 20.7. The average molecular weight is 486 g/mol. The van der Waals surface area contributed by atoms with Crippen molar-refractivity contribution in [3.05, 3.63) is 59.9 Å². The molecule has 0 radical (unpaired) electrons. The summed E-state index contributed by atoms with van der Waals surface area (Å²) < 4.78 is 27.9. The van der Waals surface area contributed by atoms with Crippen LogP contribution in [0.3, 0.4) is 0 Å². The molecule has 1 aliphatic rings. The summed E-state index contributed by atoms with van der Waals surface area (Å²) >= 11 is 1.28. The first-order chi connectivity index (χ1) is 15.7. The quantitative estimate of drug-likeness (QED) is 0.487. The molecule has 0 aliphatic heterocycles. The third kappa shape index (κ3) is 5.13.